The number of benzene rings is 1. The van der Waals surface area contributed by atoms with Crippen molar-refractivity contribution >= 4 is 15.9 Å². The van der Waals surface area contributed by atoms with Crippen molar-refractivity contribution in [3.63, 3.8) is 0 Å². The van der Waals surface area contributed by atoms with Crippen LogP contribution in [0.4, 0.5) is 0 Å². The number of hydrogen-bond acceptors (Lipinski definition) is 6. The Hall–Kier alpha value is -2.46. The lowest BCUT2D eigenvalue weighted by Gasteiger charge is -2.31. The van der Waals surface area contributed by atoms with Crippen LogP contribution in [0.25, 0.3) is 0 Å². The van der Waals surface area contributed by atoms with Crippen LogP contribution in [0.1, 0.15) is 59.5 Å². The molecule has 4 rings (SSSR count). The molecule has 0 atom stereocenters. The largest absolute Gasteiger partial charge is 0.495 e. The van der Waals surface area contributed by atoms with Gasteiger partial charge in [-0.2, -0.15) is 5.10 Å². The van der Waals surface area contributed by atoms with E-state index in [0.717, 1.165) is 37.3 Å². The SMILES string of the molecule is CNS(=O)(=O)c1cc(C(=O)N2CCC(c3nc(C4CC4)n[nH]3)CC2)ccc1OC. The lowest BCUT2D eigenvalue weighted by Crippen LogP contribution is -2.38. The molecule has 1 saturated carbocycles. The number of likely N-dealkylation sites (tertiary alicyclic amines) is 1. The fourth-order valence-corrected chi connectivity index (χ4v) is 4.58. The van der Waals surface area contributed by atoms with Crippen LogP contribution in [0.15, 0.2) is 23.1 Å². The molecule has 1 aromatic heterocycles. The minimum atomic E-state index is -3.74. The maximum Gasteiger partial charge on any atom is 0.253 e. The van der Waals surface area contributed by atoms with E-state index in [0.29, 0.717) is 24.6 Å². The smallest absolute Gasteiger partial charge is 0.253 e. The first-order chi connectivity index (χ1) is 13.9. The highest BCUT2D eigenvalue weighted by Gasteiger charge is 2.31. The summed E-state index contributed by atoms with van der Waals surface area (Å²) in [6.45, 7) is 1.17. The molecule has 1 aliphatic heterocycles. The summed E-state index contributed by atoms with van der Waals surface area (Å²) in [5.74, 6) is 2.61. The monoisotopic (exact) mass is 419 g/mol. The van der Waals surface area contributed by atoms with E-state index >= 15 is 0 Å². The maximum atomic E-state index is 12.9. The summed E-state index contributed by atoms with van der Waals surface area (Å²) in [6, 6.07) is 4.48. The van der Waals surface area contributed by atoms with Crippen LogP contribution in [0.5, 0.6) is 5.75 Å². The second kappa shape index (κ2) is 7.75. The molecule has 10 heteroatoms. The van der Waals surface area contributed by atoms with Crippen LogP contribution in [-0.2, 0) is 10.0 Å². The number of hydrogen-bond donors (Lipinski definition) is 2. The lowest BCUT2D eigenvalue weighted by atomic mass is 9.95. The molecule has 156 valence electrons. The van der Waals surface area contributed by atoms with Gasteiger partial charge in [0.15, 0.2) is 5.82 Å². The number of amides is 1. The summed E-state index contributed by atoms with van der Waals surface area (Å²) in [5, 5.41) is 7.38. The molecule has 2 fully saturated rings. The molecule has 0 spiro atoms. The van der Waals surface area contributed by atoms with Gasteiger partial charge in [-0.15, -0.1) is 0 Å². The third kappa shape index (κ3) is 3.99. The normalized spacial score (nSPS) is 18.1. The molecular weight excluding hydrogens is 394 g/mol. The van der Waals surface area contributed by atoms with Crippen LogP contribution in [-0.4, -0.2) is 61.7 Å². The van der Waals surface area contributed by atoms with E-state index in [9.17, 15) is 13.2 Å². The first-order valence-electron chi connectivity index (χ1n) is 9.76. The molecule has 0 bridgehead atoms. The quantitative estimate of drug-likeness (QED) is 0.735. The van der Waals surface area contributed by atoms with E-state index in [1.165, 1.54) is 26.3 Å². The van der Waals surface area contributed by atoms with Crippen molar-refractivity contribution in [1.29, 1.82) is 0 Å². The van der Waals surface area contributed by atoms with E-state index in [1.807, 2.05) is 0 Å². The van der Waals surface area contributed by atoms with Crippen LogP contribution < -0.4 is 9.46 Å². The fraction of sp³-hybridized carbons (Fsp3) is 0.526. The Labute approximate surface area is 169 Å². The molecule has 29 heavy (non-hydrogen) atoms. The van der Waals surface area contributed by atoms with Crippen molar-refractivity contribution in [1.82, 2.24) is 24.8 Å². The maximum absolute atomic E-state index is 12.9. The number of carbonyl (C=O) groups excluding carboxylic acids is 1. The molecule has 1 saturated heterocycles. The Balaban J connectivity index is 1.45. The molecule has 2 N–H and O–H groups in total. The minimum absolute atomic E-state index is 0.0440. The first kappa shape index (κ1) is 19.8. The van der Waals surface area contributed by atoms with Gasteiger partial charge in [-0.05, 0) is 50.9 Å². The molecule has 0 unspecified atom stereocenters. The predicted molar refractivity (Wildman–Crippen MR) is 105 cm³/mol. The Morgan fingerprint density at radius 3 is 2.55 bits per heavy atom. The van der Waals surface area contributed by atoms with E-state index in [1.54, 1.807) is 11.0 Å². The van der Waals surface area contributed by atoms with Crippen molar-refractivity contribution in [2.45, 2.75) is 42.4 Å². The molecule has 1 amide bonds. The zero-order chi connectivity index (χ0) is 20.6. The van der Waals surface area contributed by atoms with Crippen molar-refractivity contribution in [3.05, 3.63) is 35.4 Å². The van der Waals surface area contributed by atoms with Gasteiger partial charge >= 0.3 is 0 Å². The summed E-state index contributed by atoms with van der Waals surface area (Å²) in [7, 11) is -1.01. The highest BCUT2D eigenvalue weighted by molar-refractivity contribution is 7.89. The Morgan fingerprint density at radius 1 is 1.21 bits per heavy atom. The summed E-state index contributed by atoms with van der Waals surface area (Å²) >= 11 is 0. The van der Waals surface area contributed by atoms with Crippen LogP contribution >= 0.6 is 0 Å². The highest BCUT2D eigenvalue weighted by atomic mass is 32.2. The number of rotatable bonds is 6. The lowest BCUT2D eigenvalue weighted by molar-refractivity contribution is 0.0711. The zero-order valence-corrected chi connectivity index (χ0v) is 17.3. The molecular formula is C19H25N5O4S. The number of nitrogens with one attached hydrogen (secondary N) is 2. The fourth-order valence-electron chi connectivity index (χ4n) is 3.66. The van der Waals surface area contributed by atoms with Gasteiger partial charge in [-0.3, -0.25) is 9.89 Å². The number of methoxy groups -OCH3 is 1. The van der Waals surface area contributed by atoms with Gasteiger partial charge in [-0.25, -0.2) is 18.1 Å². The number of nitrogens with zero attached hydrogens (tertiary/aromatic N) is 3. The van der Waals surface area contributed by atoms with Crippen LogP contribution in [0.2, 0.25) is 0 Å². The second-order valence-corrected chi connectivity index (χ2v) is 9.35. The number of aromatic amines is 1. The third-order valence-electron chi connectivity index (χ3n) is 5.60. The van der Waals surface area contributed by atoms with Crippen molar-refractivity contribution < 1.29 is 17.9 Å². The van der Waals surface area contributed by atoms with Crippen molar-refractivity contribution in [2.24, 2.45) is 0 Å². The molecule has 2 heterocycles. The average Bonchev–Trinajstić information content (AvgIpc) is 3.49. The second-order valence-electron chi connectivity index (χ2n) is 7.49. The summed E-state index contributed by atoms with van der Waals surface area (Å²) in [6.07, 6.45) is 3.92. The van der Waals surface area contributed by atoms with E-state index < -0.39 is 10.0 Å². The van der Waals surface area contributed by atoms with Crippen LogP contribution in [0.3, 0.4) is 0 Å². The Bertz CT molecular complexity index is 1010. The van der Waals surface area contributed by atoms with Crippen molar-refractivity contribution in [3.8, 4) is 5.75 Å². The van der Waals surface area contributed by atoms with Gasteiger partial charge in [0.2, 0.25) is 10.0 Å². The Kier molecular flexibility index (Phi) is 5.30. The number of H-pyrrole nitrogens is 1. The van der Waals surface area contributed by atoms with Crippen molar-refractivity contribution in [2.75, 3.05) is 27.2 Å². The van der Waals surface area contributed by atoms with Crippen LogP contribution in [0, 0.1) is 0 Å². The molecule has 2 aromatic rings. The molecule has 1 aromatic carbocycles. The first-order valence-corrected chi connectivity index (χ1v) is 11.2. The molecule has 9 nitrogen and oxygen atoms in total. The molecule has 2 aliphatic rings. The standard InChI is InChI=1S/C19H25N5O4S/c1-20-29(26,27)16-11-14(5-6-15(16)28-2)19(25)24-9-7-13(8-10-24)18-21-17(22-23-18)12-3-4-12/h5-6,11-13,20H,3-4,7-10H2,1-2H3,(H,21,22,23). The van der Waals surface area contributed by atoms with Gasteiger partial charge in [0.25, 0.3) is 5.91 Å². The molecule has 1 aliphatic carbocycles. The number of carbonyl (C=O) groups is 1. The number of ether oxygens (including phenoxy) is 1. The topological polar surface area (TPSA) is 117 Å². The average molecular weight is 420 g/mol. The predicted octanol–water partition coefficient (Wildman–Crippen LogP) is 1.62. The Morgan fingerprint density at radius 2 is 1.93 bits per heavy atom. The van der Waals surface area contributed by atoms with Gasteiger partial charge < -0.3 is 9.64 Å². The minimum Gasteiger partial charge on any atom is -0.495 e. The highest BCUT2D eigenvalue weighted by Crippen LogP contribution is 2.38. The van der Waals surface area contributed by atoms with E-state index in [4.69, 9.17) is 4.74 Å². The van der Waals surface area contributed by atoms with Gasteiger partial charge in [0.1, 0.15) is 16.5 Å². The third-order valence-corrected chi connectivity index (χ3v) is 7.04. The summed E-state index contributed by atoms with van der Waals surface area (Å²) in [5.41, 5.74) is 0.328. The van der Waals surface area contributed by atoms with Gasteiger partial charge in [-0.1, -0.05) is 0 Å². The molecule has 0 radical (unpaired) electrons. The number of piperidine rings is 1. The summed E-state index contributed by atoms with van der Waals surface area (Å²) < 4.78 is 31.9. The van der Waals surface area contributed by atoms with E-state index in [-0.39, 0.29) is 22.5 Å². The summed E-state index contributed by atoms with van der Waals surface area (Å²) in [4.78, 5) is 19.3. The number of sulfonamides is 1. The zero-order valence-electron chi connectivity index (χ0n) is 16.5. The van der Waals surface area contributed by atoms with Gasteiger partial charge in [0, 0.05) is 30.5 Å². The van der Waals surface area contributed by atoms with E-state index in [2.05, 4.69) is 19.9 Å². The van der Waals surface area contributed by atoms with Gasteiger partial charge in [0.05, 0.1) is 7.11 Å². The number of aromatic nitrogens is 3.